The Kier molecular flexibility index (Phi) is 1.61. The molecule has 2 rings (SSSR count). The maximum absolute atomic E-state index is 5.82. The number of hydrogen-bond acceptors (Lipinski definition) is 2. The molecule has 2 aliphatic rings. The van der Waals surface area contributed by atoms with Crippen LogP contribution < -0.4 is 0 Å². The van der Waals surface area contributed by atoms with Crippen LogP contribution in [0.2, 0.25) is 0 Å². The first kappa shape index (κ1) is 7.17. The van der Waals surface area contributed by atoms with Crippen molar-refractivity contribution >= 4 is 23.2 Å². The molecule has 1 saturated heterocycles. The standard InChI is InChI=1S/C6H8Cl2O2/c7-6(8)1-4(6)5-2-9-3-10-5/h4-5H,1-3H2. The first-order chi connectivity index (χ1) is 4.70. The predicted octanol–water partition coefficient (Wildman–Crippen LogP) is 1.55. The van der Waals surface area contributed by atoms with Crippen molar-refractivity contribution in [3.8, 4) is 0 Å². The lowest BCUT2D eigenvalue weighted by atomic mass is 10.2. The van der Waals surface area contributed by atoms with Crippen LogP contribution in [0.5, 0.6) is 0 Å². The average Bonchev–Trinajstić information content (AvgIpc) is 2.31. The first-order valence-corrected chi connectivity index (χ1v) is 4.03. The van der Waals surface area contributed by atoms with Gasteiger partial charge in [-0.2, -0.15) is 0 Å². The minimum Gasteiger partial charge on any atom is -0.353 e. The molecule has 2 unspecified atom stereocenters. The summed E-state index contributed by atoms with van der Waals surface area (Å²) in [7, 11) is 0. The summed E-state index contributed by atoms with van der Waals surface area (Å²) in [5.74, 6) is 0.290. The second-order valence-electron chi connectivity index (χ2n) is 2.77. The Morgan fingerprint density at radius 2 is 2.10 bits per heavy atom. The molecule has 0 N–H and O–H groups in total. The normalized spacial score (nSPS) is 43.8. The van der Waals surface area contributed by atoms with E-state index in [9.17, 15) is 0 Å². The van der Waals surface area contributed by atoms with E-state index in [0.717, 1.165) is 6.42 Å². The zero-order chi connectivity index (χ0) is 7.19. The molecule has 1 aliphatic heterocycles. The Hall–Kier alpha value is 0.500. The van der Waals surface area contributed by atoms with Crippen LogP contribution in [0, 0.1) is 5.92 Å². The van der Waals surface area contributed by atoms with Crippen LogP contribution in [0.4, 0.5) is 0 Å². The molecule has 58 valence electrons. The van der Waals surface area contributed by atoms with E-state index in [1.807, 2.05) is 0 Å². The lowest BCUT2D eigenvalue weighted by Crippen LogP contribution is -2.15. The maximum Gasteiger partial charge on any atom is 0.147 e. The van der Waals surface area contributed by atoms with Crippen molar-refractivity contribution in [2.75, 3.05) is 13.4 Å². The van der Waals surface area contributed by atoms with Crippen molar-refractivity contribution in [3.63, 3.8) is 0 Å². The molecule has 0 radical (unpaired) electrons. The van der Waals surface area contributed by atoms with Crippen LogP contribution in [0.3, 0.4) is 0 Å². The van der Waals surface area contributed by atoms with Gasteiger partial charge in [0.2, 0.25) is 0 Å². The highest BCUT2D eigenvalue weighted by atomic mass is 35.5. The Morgan fingerprint density at radius 3 is 2.50 bits per heavy atom. The molecule has 1 saturated carbocycles. The Bertz CT molecular complexity index is 140. The van der Waals surface area contributed by atoms with Gasteiger partial charge in [-0.15, -0.1) is 23.2 Å². The van der Waals surface area contributed by atoms with E-state index >= 15 is 0 Å². The second kappa shape index (κ2) is 2.24. The summed E-state index contributed by atoms with van der Waals surface area (Å²) in [6, 6.07) is 0. The van der Waals surface area contributed by atoms with Crippen LogP contribution >= 0.6 is 23.2 Å². The fraction of sp³-hybridized carbons (Fsp3) is 1.00. The van der Waals surface area contributed by atoms with Gasteiger partial charge >= 0.3 is 0 Å². The van der Waals surface area contributed by atoms with E-state index in [2.05, 4.69) is 0 Å². The van der Waals surface area contributed by atoms with E-state index in [1.54, 1.807) is 0 Å². The van der Waals surface area contributed by atoms with E-state index in [-0.39, 0.29) is 6.10 Å². The van der Waals surface area contributed by atoms with E-state index in [4.69, 9.17) is 32.7 Å². The molecule has 0 bridgehead atoms. The van der Waals surface area contributed by atoms with Crippen molar-refractivity contribution in [1.29, 1.82) is 0 Å². The highest BCUT2D eigenvalue weighted by Crippen LogP contribution is 2.56. The van der Waals surface area contributed by atoms with Crippen molar-refractivity contribution in [1.82, 2.24) is 0 Å². The highest BCUT2D eigenvalue weighted by Gasteiger charge is 2.57. The predicted molar refractivity (Wildman–Crippen MR) is 38.2 cm³/mol. The van der Waals surface area contributed by atoms with Crippen LogP contribution in [0.25, 0.3) is 0 Å². The van der Waals surface area contributed by atoms with Crippen molar-refractivity contribution < 1.29 is 9.47 Å². The molecular formula is C6H8Cl2O2. The molecule has 0 aromatic rings. The number of ether oxygens (including phenoxy) is 2. The quantitative estimate of drug-likeness (QED) is 0.574. The van der Waals surface area contributed by atoms with Crippen LogP contribution in [-0.4, -0.2) is 23.8 Å². The molecule has 2 nitrogen and oxygen atoms in total. The molecule has 0 spiro atoms. The summed E-state index contributed by atoms with van der Waals surface area (Å²) in [6.45, 7) is 1.04. The average molecular weight is 183 g/mol. The largest absolute Gasteiger partial charge is 0.353 e. The van der Waals surface area contributed by atoms with Gasteiger partial charge in [-0.1, -0.05) is 0 Å². The van der Waals surface area contributed by atoms with Crippen LogP contribution in [0.15, 0.2) is 0 Å². The SMILES string of the molecule is ClC1(Cl)CC1C1COCO1. The summed E-state index contributed by atoms with van der Waals surface area (Å²) >= 11 is 11.6. The van der Waals surface area contributed by atoms with E-state index in [0.29, 0.717) is 19.3 Å². The van der Waals surface area contributed by atoms with Gasteiger partial charge < -0.3 is 9.47 Å². The fourth-order valence-electron chi connectivity index (χ4n) is 1.22. The third-order valence-corrected chi connectivity index (χ3v) is 2.84. The van der Waals surface area contributed by atoms with Gasteiger partial charge in [-0.05, 0) is 6.42 Å². The molecule has 0 amide bonds. The minimum atomic E-state index is -0.529. The number of rotatable bonds is 1. The fourth-order valence-corrected chi connectivity index (χ4v) is 1.83. The summed E-state index contributed by atoms with van der Waals surface area (Å²) in [4.78, 5) is 0. The van der Waals surface area contributed by atoms with Crippen LogP contribution in [0.1, 0.15) is 6.42 Å². The molecule has 2 fully saturated rings. The number of alkyl halides is 2. The van der Waals surface area contributed by atoms with Gasteiger partial charge in [0.05, 0.1) is 12.7 Å². The molecule has 1 heterocycles. The highest BCUT2D eigenvalue weighted by molar-refractivity contribution is 6.50. The molecule has 0 aromatic heterocycles. The maximum atomic E-state index is 5.82. The summed E-state index contributed by atoms with van der Waals surface area (Å²) in [5, 5.41) is 0. The summed E-state index contributed by atoms with van der Waals surface area (Å²) < 4.78 is 9.70. The van der Waals surface area contributed by atoms with E-state index < -0.39 is 4.33 Å². The second-order valence-corrected chi connectivity index (χ2v) is 4.31. The molecule has 0 aromatic carbocycles. The van der Waals surface area contributed by atoms with Gasteiger partial charge in [0.1, 0.15) is 11.1 Å². The monoisotopic (exact) mass is 182 g/mol. The molecule has 10 heavy (non-hydrogen) atoms. The zero-order valence-corrected chi connectivity index (χ0v) is 6.86. The van der Waals surface area contributed by atoms with Crippen molar-refractivity contribution in [3.05, 3.63) is 0 Å². The minimum absolute atomic E-state index is 0.134. The lowest BCUT2D eigenvalue weighted by Gasteiger charge is -2.05. The zero-order valence-electron chi connectivity index (χ0n) is 5.35. The van der Waals surface area contributed by atoms with Gasteiger partial charge in [-0.25, -0.2) is 0 Å². The topological polar surface area (TPSA) is 18.5 Å². The Morgan fingerprint density at radius 1 is 1.40 bits per heavy atom. The van der Waals surface area contributed by atoms with Gasteiger partial charge in [0.25, 0.3) is 0 Å². The summed E-state index contributed by atoms with van der Waals surface area (Å²) in [6.07, 6.45) is 0.972. The van der Waals surface area contributed by atoms with Gasteiger partial charge in [0, 0.05) is 5.92 Å². The smallest absolute Gasteiger partial charge is 0.147 e. The third kappa shape index (κ3) is 1.14. The van der Waals surface area contributed by atoms with Crippen molar-refractivity contribution in [2.24, 2.45) is 5.92 Å². The first-order valence-electron chi connectivity index (χ1n) is 3.27. The molecule has 1 aliphatic carbocycles. The Balaban J connectivity index is 1.90. The number of hydrogen-bond donors (Lipinski definition) is 0. The van der Waals surface area contributed by atoms with Crippen LogP contribution in [-0.2, 0) is 9.47 Å². The van der Waals surface area contributed by atoms with Crippen molar-refractivity contribution in [2.45, 2.75) is 16.9 Å². The lowest BCUT2D eigenvalue weighted by molar-refractivity contribution is 0.0407. The summed E-state index contributed by atoms with van der Waals surface area (Å²) in [5.41, 5.74) is 0. The molecule has 4 heteroatoms. The van der Waals surface area contributed by atoms with Gasteiger partial charge in [0.15, 0.2) is 0 Å². The number of halogens is 2. The van der Waals surface area contributed by atoms with E-state index in [1.165, 1.54) is 0 Å². The Labute approximate surface area is 69.4 Å². The molecule has 2 atom stereocenters. The molecular weight excluding hydrogens is 175 g/mol. The third-order valence-electron chi connectivity index (χ3n) is 1.97. The van der Waals surface area contributed by atoms with Gasteiger partial charge in [-0.3, -0.25) is 0 Å².